The van der Waals surface area contributed by atoms with Crippen molar-refractivity contribution in [3.05, 3.63) is 40.9 Å². The quantitative estimate of drug-likeness (QED) is 0.739. The Morgan fingerprint density at radius 2 is 2.12 bits per heavy atom. The normalized spacial score (nSPS) is 16.2. The van der Waals surface area contributed by atoms with Gasteiger partial charge in [-0.25, -0.2) is 19.3 Å². The molecule has 0 amide bonds. The summed E-state index contributed by atoms with van der Waals surface area (Å²) in [6, 6.07) is 4.79. The van der Waals surface area contributed by atoms with E-state index in [1.165, 1.54) is 23.3 Å². The van der Waals surface area contributed by atoms with Crippen LogP contribution in [0.2, 0.25) is 0 Å². The van der Waals surface area contributed by atoms with Gasteiger partial charge in [0.1, 0.15) is 18.0 Å². The first-order chi connectivity index (χ1) is 11.7. The van der Waals surface area contributed by atoms with Crippen LogP contribution in [0.1, 0.15) is 30.8 Å². The molecular weight excluding hydrogens is 325 g/mol. The van der Waals surface area contributed by atoms with Crippen molar-refractivity contribution in [2.75, 3.05) is 11.1 Å². The van der Waals surface area contributed by atoms with E-state index in [4.69, 9.17) is 5.73 Å². The summed E-state index contributed by atoms with van der Waals surface area (Å²) in [5.74, 6) is 0.391. The summed E-state index contributed by atoms with van der Waals surface area (Å²) in [6.45, 7) is 4.00. The molecule has 0 aliphatic heterocycles. The van der Waals surface area contributed by atoms with Gasteiger partial charge in [-0.2, -0.15) is 0 Å². The summed E-state index contributed by atoms with van der Waals surface area (Å²) < 4.78 is 13.5. The summed E-state index contributed by atoms with van der Waals surface area (Å²) in [6.07, 6.45) is 4.22. The Balaban J connectivity index is 0.000000815. The summed E-state index contributed by atoms with van der Waals surface area (Å²) in [5, 5.41) is 4.75. The van der Waals surface area contributed by atoms with Crippen molar-refractivity contribution in [1.82, 2.24) is 15.0 Å². The number of fused-ring (bicyclic) bond motifs is 2. The second-order valence-corrected chi connectivity index (χ2v) is 6.50. The minimum absolute atomic E-state index is 0.244. The van der Waals surface area contributed by atoms with Crippen molar-refractivity contribution in [1.29, 1.82) is 0 Å². The van der Waals surface area contributed by atoms with Crippen LogP contribution < -0.4 is 11.1 Å². The zero-order chi connectivity index (χ0) is 17.1. The van der Waals surface area contributed by atoms with Crippen LogP contribution in [0.4, 0.5) is 15.3 Å². The molecule has 0 bridgehead atoms. The van der Waals surface area contributed by atoms with Crippen molar-refractivity contribution < 1.29 is 4.39 Å². The Hall–Kier alpha value is -2.28. The fourth-order valence-corrected chi connectivity index (χ4v) is 3.81. The molecule has 4 rings (SSSR count). The van der Waals surface area contributed by atoms with Crippen LogP contribution in [0.3, 0.4) is 0 Å². The number of nitrogens with one attached hydrogen (secondary N) is 1. The lowest BCUT2D eigenvalue weighted by molar-refractivity contribution is 0.608. The van der Waals surface area contributed by atoms with E-state index in [1.807, 2.05) is 13.8 Å². The van der Waals surface area contributed by atoms with Crippen LogP contribution in [0.5, 0.6) is 0 Å². The number of hydrogen-bond donors (Lipinski definition) is 2. The maximum absolute atomic E-state index is 13.5. The number of benzene rings is 1. The average Bonchev–Trinajstić information content (AvgIpc) is 2.96. The Kier molecular flexibility index (Phi) is 4.89. The minimum Gasteiger partial charge on any atom is -0.375 e. The molecule has 0 saturated heterocycles. The number of anilines is 2. The Morgan fingerprint density at radius 3 is 2.96 bits per heavy atom. The second kappa shape index (κ2) is 7.09. The molecule has 1 atom stereocenters. The number of aryl methyl sites for hydroxylation is 1. The molecule has 5 nitrogen and oxygen atoms in total. The van der Waals surface area contributed by atoms with E-state index in [-0.39, 0.29) is 11.9 Å². The molecule has 1 aromatic carbocycles. The summed E-state index contributed by atoms with van der Waals surface area (Å²) >= 11 is 1.54. The molecule has 0 fully saturated rings. The molecule has 3 N–H and O–H groups in total. The number of rotatable bonds is 2. The first kappa shape index (κ1) is 16.6. The Labute approximate surface area is 144 Å². The van der Waals surface area contributed by atoms with E-state index in [0.717, 1.165) is 30.5 Å². The van der Waals surface area contributed by atoms with Gasteiger partial charge in [-0.05, 0) is 31.0 Å². The SMILES string of the molecule is CC.Nc1nc2c(s1)CC(Nc1ncnc3ccc(F)cc13)CC2. The predicted molar refractivity (Wildman–Crippen MR) is 96.8 cm³/mol. The lowest BCUT2D eigenvalue weighted by Crippen LogP contribution is -2.27. The van der Waals surface area contributed by atoms with Crippen molar-refractivity contribution in [2.45, 2.75) is 39.2 Å². The highest BCUT2D eigenvalue weighted by molar-refractivity contribution is 7.15. The largest absolute Gasteiger partial charge is 0.375 e. The molecule has 1 aliphatic carbocycles. The Morgan fingerprint density at radius 1 is 1.29 bits per heavy atom. The molecular formula is C17H20FN5S. The van der Waals surface area contributed by atoms with Gasteiger partial charge in [-0.1, -0.05) is 13.8 Å². The molecule has 126 valence electrons. The summed E-state index contributed by atoms with van der Waals surface area (Å²) in [5.41, 5.74) is 7.62. The van der Waals surface area contributed by atoms with Gasteiger partial charge in [0.25, 0.3) is 0 Å². The van der Waals surface area contributed by atoms with Crippen LogP contribution >= 0.6 is 11.3 Å². The van der Waals surface area contributed by atoms with Crippen LogP contribution in [0.15, 0.2) is 24.5 Å². The molecule has 0 saturated carbocycles. The minimum atomic E-state index is -0.286. The van der Waals surface area contributed by atoms with Gasteiger partial charge >= 0.3 is 0 Å². The summed E-state index contributed by atoms with van der Waals surface area (Å²) in [7, 11) is 0. The standard InChI is InChI=1S/C15H14FN5S.C2H6/c16-8-1-3-11-10(5-8)14(19-7-18-11)20-9-2-4-12-13(6-9)22-15(17)21-12;1-2/h1,3,5,7,9H,2,4,6H2,(H2,17,21)(H,18,19,20);1-2H3. The van der Waals surface area contributed by atoms with Crippen LogP contribution in [-0.2, 0) is 12.8 Å². The van der Waals surface area contributed by atoms with E-state index in [9.17, 15) is 4.39 Å². The number of hydrogen-bond acceptors (Lipinski definition) is 6. The van der Waals surface area contributed by atoms with Crippen molar-refractivity contribution in [3.8, 4) is 0 Å². The first-order valence-electron chi connectivity index (χ1n) is 8.10. The second-order valence-electron chi connectivity index (χ2n) is 5.39. The molecule has 0 radical (unpaired) electrons. The highest BCUT2D eigenvalue weighted by atomic mass is 32.1. The summed E-state index contributed by atoms with van der Waals surface area (Å²) in [4.78, 5) is 14.0. The van der Waals surface area contributed by atoms with E-state index in [2.05, 4.69) is 20.3 Å². The fourth-order valence-electron chi connectivity index (χ4n) is 2.86. The third kappa shape index (κ3) is 3.31. The smallest absolute Gasteiger partial charge is 0.180 e. The van der Waals surface area contributed by atoms with Crippen LogP contribution in [-0.4, -0.2) is 21.0 Å². The van der Waals surface area contributed by atoms with Crippen LogP contribution in [0.25, 0.3) is 10.9 Å². The van der Waals surface area contributed by atoms with E-state index >= 15 is 0 Å². The van der Waals surface area contributed by atoms with Gasteiger partial charge in [0.15, 0.2) is 5.13 Å². The lowest BCUT2D eigenvalue weighted by atomic mass is 9.97. The molecule has 1 unspecified atom stereocenters. The monoisotopic (exact) mass is 345 g/mol. The maximum atomic E-state index is 13.5. The number of aromatic nitrogens is 3. The maximum Gasteiger partial charge on any atom is 0.180 e. The molecule has 1 aliphatic rings. The molecule has 2 heterocycles. The topological polar surface area (TPSA) is 76.7 Å². The van der Waals surface area contributed by atoms with Gasteiger partial charge in [0.2, 0.25) is 0 Å². The molecule has 3 aromatic rings. The van der Waals surface area contributed by atoms with Gasteiger partial charge in [0.05, 0.1) is 11.2 Å². The van der Waals surface area contributed by atoms with Crippen molar-refractivity contribution >= 4 is 33.2 Å². The number of thiazole rings is 1. The highest BCUT2D eigenvalue weighted by Gasteiger charge is 2.22. The predicted octanol–water partition coefficient (Wildman–Crippen LogP) is 3.80. The molecule has 0 spiro atoms. The third-order valence-electron chi connectivity index (χ3n) is 3.89. The lowest BCUT2D eigenvalue weighted by Gasteiger charge is -2.23. The molecule has 24 heavy (non-hydrogen) atoms. The van der Waals surface area contributed by atoms with Gasteiger partial charge in [-0.15, -0.1) is 11.3 Å². The number of nitrogens with two attached hydrogens (primary N) is 1. The van der Waals surface area contributed by atoms with Crippen molar-refractivity contribution in [2.24, 2.45) is 0 Å². The fraction of sp³-hybridized carbons (Fsp3) is 0.353. The van der Waals surface area contributed by atoms with Crippen molar-refractivity contribution in [3.63, 3.8) is 0 Å². The third-order valence-corrected chi connectivity index (χ3v) is 4.84. The highest BCUT2D eigenvalue weighted by Crippen LogP contribution is 2.30. The zero-order valence-electron chi connectivity index (χ0n) is 13.7. The van der Waals surface area contributed by atoms with Crippen LogP contribution in [0, 0.1) is 5.82 Å². The first-order valence-corrected chi connectivity index (χ1v) is 8.91. The Bertz CT molecular complexity index is 848. The van der Waals surface area contributed by atoms with Gasteiger partial charge < -0.3 is 11.1 Å². The van der Waals surface area contributed by atoms with Gasteiger partial charge in [0, 0.05) is 22.7 Å². The van der Waals surface area contributed by atoms with E-state index in [1.54, 1.807) is 17.4 Å². The molecule has 2 aromatic heterocycles. The number of halogens is 1. The van der Waals surface area contributed by atoms with E-state index in [0.29, 0.717) is 16.3 Å². The zero-order valence-corrected chi connectivity index (χ0v) is 14.5. The number of nitrogen functional groups attached to an aromatic ring is 1. The van der Waals surface area contributed by atoms with E-state index < -0.39 is 0 Å². The average molecular weight is 345 g/mol. The number of nitrogens with zero attached hydrogens (tertiary/aromatic N) is 3. The van der Waals surface area contributed by atoms with Gasteiger partial charge in [-0.3, -0.25) is 0 Å². The molecule has 7 heteroatoms.